The molecule has 0 radical (unpaired) electrons. The maximum absolute atomic E-state index is 5.24. The first kappa shape index (κ1) is 12.0. The van der Waals surface area contributed by atoms with Crippen molar-refractivity contribution in [1.82, 2.24) is 14.5 Å². The second-order valence-electron chi connectivity index (χ2n) is 3.48. The third kappa shape index (κ3) is 2.45. The molecular weight excluding hydrogens is 240 g/mol. The quantitative estimate of drug-likeness (QED) is 0.876. The minimum Gasteiger partial charge on any atom is -0.384 e. The van der Waals surface area contributed by atoms with Crippen LogP contribution in [-0.4, -0.2) is 35.3 Å². The molecule has 0 atom stereocenters. The van der Waals surface area contributed by atoms with E-state index in [1.54, 1.807) is 7.11 Å². The normalized spacial score (nSPS) is 10.8. The zero-order chi connectivity index (χ0) is 12.3. The molecule has 0 unspecified atom stereocenters. The van der Waals surface area contributed by atoms with Gasteiger partial charge in [-0.2, -0.15) is 9.36 Å². The third-order valence-electron chi connectivity index (χ3n) is 2.30. The molecule has 7 heteroatoms. The lowest BCUT2D eigenvalue weighted by Gasteiger charge is -1.96. The van der Waals surface area contributed by atoms with E-state index in [0.717, 1.165) is 16.3 Å². The predicted molar refractivity (Wildman–Crippen MR) is 65.3 cm³/mol. The summed E-state index contributed by atoms with van der Waals surface area (Å²) < 4.78 is 14.5. The molecular formula is C10H14N4O2S. The highest BCUT2D eigenvalue weighted by molar-refractivity contribution is 7.10. The van der Waals surface area contributed by atoms with Gasteiger partial charge in [-0.15, -0.1) is 0 Å². The summed E-state index contributed by atoms with van der Waals surface area (Å²) in [4.78, 5) is 4.33. The van der Waals surface area contributed by atoms with Crippen LogP contribution in [0.5, 0.6) is 0 Å². The Morgan fingerprint density at radius 2 is 2.29 bits per heavy atom. The van der Waals surface area contributed by atoms with E-state index in [-0.39, 0.29) is 0 Å². The Balaban J connectivity index is 2.26. The van der Waals surface area contributed by atoms with E-state index in [2.05, 4.69) is 19.8 Å². The SMILES string of the molecule is CNc1snc(C)c1-c1nc(CCOC)no1. The van der Waals surface area contributed by atoms with Crippen LogP contribution < -0.4 is 5.32 Å². The molecule has 6 nitrogen and oxygen atoms in total. The molecule has 2 aromatic rings. The van der Waals surface area contributed by atoms with Crippen molar-refractivity contribution in [2.24, 2.45) is 0 Å². The summed E-state index contributed by atoms with van der Waals surface area (Å²) in [6.07, 6.45) is 0.644. The number of aromatic nitrogens is 3. The van der Waals surface area contributed by atoms with Crippen LogP contribution in [0.4, 0.5) is 5.00 Å². The summed E-state index contributed by atoms with van der Waals surface area (Å²) in [5.41, 5.74) is 1.77. The Morgan fingerprint density at radius 3 is 3.00 bits per heavy atom. The topological polar surface area (TPSA) is 73.1 Å². The van der Waals surface area contributed by atoms with Gasteiger partial charge in [-0.1, -0.05) is 5.16 Å². The Bertz CT molecular complexity index is 494. The smallest absolute Gasteiger partial charge is 0.262 e. The molecule has 2 aromatic heterocycles. The largest absolute Gasteiger partial charge is 0.384 e. The minimum absolute atomic E-state index is 0.506. The highest BCUT2D eigenvalue weighted by Crippen LogP contribution is 2.33. The van der Waals surface area contributed by atoms with Crippen molar-refractivity contribution >= 4 is 16.5 Å². The van der Waals surface area contributed by atoms with E-state index in [9.17, 15) is 0 Å². The van der Waals surface area contributed by atoms with Crippen LogP contribution >= 0.6 is 11.5 Å². The van der Waals surface area contributed by atoms with Crippen molar-refractivity contribution in [3.05, 3.63) is 11.5 Å². The van der Waals surface area contributed by atoms with Gasteiger partial charge in [0, 0.05) is 20.6 Å². The Hall–Kier alpha value is -1.47. The van der Waals surface area contributed by atoms with Gasteiger partial charge in [0.15, 0.2) is 5.82 Å². The van der Waals surface area contributed by atoms with Gasteiger partial charge in [0.2, 0.25) is 0 Å². The highest BCUT2D eigenvalue weighted by atomic mass is 32.1. The van der Waals surface area contributed by atoms with Crippen LogP contribution in [0.25, 0.3) is 11.5 Å². The number of nitrogens with zero attached hydrogens (tertiary/aromatic N) is 3. The van der Waals surface area contributed by atoms with Crippen molar-refractivity contribution in [1.29, 1.82) is 0 Å². The third-order valence-corrected chi connectivity index (χ3v) is 3.26. The van der Waals surface area contributed by atoms with Gasteiger partial charge in [-0.25, -0.2) is 0 Å². The average molecular weight is 254 g/mol. The first-order valence-corrected chi connectivity index (χ1v) is 5.99. The van der Waals surface area contributed by atoms with Gasteiger partial charge in [-0.05, 0) is 18.5 Å². The fourth-order valence-electron chi connectivity index (χ4n) is 1.44. The number of nitrogens with one attached hydrogen (secondary N) is 1. The lowest BCUT2D eigenvalue weighted by molar-refractivity contribution is 0.199. The summed E-state index contributed by atoms with van der Waals surface area (Å²) in [7, 11) is 3.49. The molecule has 0 bridgehead atoms. The second kappa shape index (κ2) is 5.24. The van der Waals surface area contributed by atoms with Crippen molar-refractivity contribution in [3.8, 4) is 11.5 Å². The number of ether oxygens (including phenoxy) is 1. The zero-order valence-electron chi connectivity index (χ0n) is 9.98. The molecule has 0 saturated carbocycles. The standard InChI is InChI=1S/C10H14N4O2S/c1-6-8(10(11-2)17-14-6)9-12-7(13-16-9)4-5-15-3/h11H,4-5H2,1-3H3. The van der Waals surface area contributed by atoms with Crippen molar-refractivity contribution < 1.29 is 9.26 Å². The molecule has 2 heterocycles. The van der Waals surface area contributed by atoms with Gasteiger partial charge in [-0.3, -0.25) is 0 Å². The molecule has 2 rings (SSSR count). The van der Waals surface area contributed by atoms with Crippen LogP contribution in [0.1, 0.15) is 11.5 Å². The Morgan fingerprint density at radius 1 is 1.47 bits per heavy atom. The molecule has 92 valence electrons. The summed E-state index contributed by atoms with van der Waals surface area (Å²) in [5, 5.41) is 7.91. The van der Waals surface area contributed by atoms with Gasteiger partial charge < -0.3 is 14.6 Å². The van der Waals surface area contributed by atoms with E-state index in [0.29, 0.717) is 24.7 Å². The molecule has 17 heavy (non-hydrogen) atoms. The molecule has 0 fully saturated rings. The van der Waals surface area contributed by atoms with Gasteiger partial charge in [0.1, 0.15) is 5.00 Å². The fraction of sp³-hybridized carbons (Fsp3) is 0.500. The van der Waals surface area contributed by atoms with Crippen molar-refractivity contribution in [2.75, 3.05) is 26.1 Å². The maximum atomic E-state index is 5.24. The van der Waals surface area contributed by atoms with E-state index < -0.39 is 0 Å². The monoisotopic (exact) mass is 254 g/mol. The summed E-state index contributed by atoms with van der Waals surface area (Å²) >= 11 is 1.38. The zero-order valence-corrected chi connectivity index (χ0v) is 10.8. The number of hydrogen-bond donors (Lipinski definition) is 1. The van der Waals surface area contributed by atoms with E-state index in [1.165, 1.54) is 11.5 Å². The van der Waals surface area contributed by atoms with E-state index in [1.807, 2.05) is 14.0 Å². The summed E-state index contributed by atoms with van der Waals surface area (Å²) in [5.74, 6) is 1.15. The number of rotatable bonds is 5. The molecule has 0 saturated heterocycles. The van der Waals surface area contributed by atoms with Crippen LogP contribution in [0.3, 0.4) is 0 Å². The maximum Gasteiger partial charge on any atom is 0.262 e. The summed E-state index contributed by atoms with van der Waals surface area (Å²) in [6, 6.07) is 0. The fourth-order valence-corrected chi connectivity index (χ4v) is 2.18. The van der Waals surface area contributed by atoms with E-state index >= 15 is 0 Å². The van der Waals surface area contributed by atoms with E-state index in [4.69, 9.17) is 9.26 Å². The predicted octanol–water partition coefficient (Wildman–Crippen LogP) is 1.73. The lowest BCUT2D eigenvalue weighted by Crippen LogP contribution is -1.96. The number of hydrogen-bond acceptors (Lipinski definition) is 7. The summed E-state index contributed by atoms with van der Waals surface area (Å²) in [6.45, 7) is 2.50. The van der Waals surface area contributed by atoms with Gasteiger partial charge in [0.25, 0.3) is 5.89 Å². The Labute approximate surface area is 103 Å². The van der Waals surface area contributed by atoms with Crippen molar-refractivity contribution in [3.63, 3.8) is 0 Å². The first-order valence-electron chi connectivity index (χ1n) is 5.22. The van der Waals surface area contributed by atoms with Crippen LogP contribution in [-0.2, 0) is 11.2 Å². The first-order chi connectivity index (χ1) is 8.26. The Kier molecular flexibility index (Phi) is 3.70. The number of methoxy groups -OCH3 is 1. The molecule has 0 amide bonds. The molecule has 0 aliphatic carbocycles. The lowest BCUT2D eigenvalue weighted by atomic mass is 10.2. The van der Waals surface area contributed by atoms with Gasteiger partial charge >= 0.3 is 0 Å². The average Bonchev–Trinajstić information content (AvgIpc) is 2.92. The molecule has 0 aromatic carbocycles. The van der Waals surface area contributed by atoms with Crippen molar-refractivity contribution in [2.45, 2.75) is 13.3 Å². The van der Waals surface area contributed by atoms with Crippen LogP contribution in [0.2, 0.25) is 0 Å². The minimum atomic E-state index is 0.506. The highest BCUT2D eigenvalue weighted by Gasteiger charge is 2.18. The molecule has 0 spiro atoms. The molecule has 0 aliphatic rings. The van der Waals surface area contributed by atoms with Gasteiger partial charge in [0.05, 0.1) is 17.9 Å². The van der Waals surface area contributed by atoms with Crippen LogP contribution in [0, 0.1) is 6.92 Å². The number of aryl methyl sites for hydroxylation is 1. The number of anilines is 1. The second-order valence-corrected chi connectivity index (χ2v) is 4.25. The molecule has 0 aliphatic heterocycles. The van der Waals surface area contributed by atoms with Crippen LogP contribution in [0.15, 0.2) is 4.52 Å². The molecule has 1 N–H and O–H groups in total.